The molecule has 90 valence electrons. The van der Waals surface area contributed by atoms with Gasteiger partial charge in [0.25, 0.3) is 0 Å². The van der Waals surface area contributed by atoms with Crippen LogP contribution in [0.15, 0.2) is 0 Å². The Balaban J connectivity index is 2.48. The third kappa shape index (κ3) is 4.52. The SMILES string of the molecule is CCOC1(CNC(C)(C)C)CCCCC1. The van der Waals surface area contributed by atoms with Crippen molar-refractivity contribution in [3.63, 3.8) is 0 Å². The second-order valence-corrected chi connectivity index (χ2v) is 5.78. The van der Waals surface area contributed by atoms with E-state index in [1.54, 1.807) is 0 Å². The van der Waals surface area contributed by atoms with E-state index >= 15 is 0 Å². The summed E-state index contributed by atoms with van der Waals surface area (Å²) in [6.07, 6.45) is 6.48. The highest BCUT2D eigenvalue weighted by molar-refractivity contribution is 4.89. The molecule has 0 radical (unpaired) electrons. The smallest absolute Gasteiger partial charge is 0.0806 e. The lowest BCUT2D eigenvalue weighted by Gasteiger charge is -2.39. The van der Waals surface area contributed by atoms with Gasteiger partial charge in [-0.25, -0.2) is 0 Å². The molecule has 0 unspecified atom stereocenters. The Labute approximate surface area is 94.8 Å². The first-order valence-electron chi connectivity index (χ1n) is 6.36. The zero-order valence-corrected chi connectivity index (χ0v) is 10.9. The molecule has 1 fully saturated rings. The molecule has 0 bridgehead atoms. The van der Waals surface area contributed by atoms with Crippen LogP contribution in [0, 0.1) is 0 Å². The standard InChI is InChI=1S/C13H27NO/c1-5-15-13(9-7-6-8-10-13)11-14-12(2,3)4/h14H,5-11H2,1-4H3. The first-order chi connectivity index (χ1) is 6.97. The van der Waals surface area contributed by atoms with Crippen LogP contribution in [0.1, 0.15) is 59.8 Å². The van der Waals surface area contributed by atoms with Crippen LogP contribution in [-0.2, 0) is 4.74 Å². The van der Waals surface area contributed by atoms with E-state index in [4.69, 9.17) is 4.74 Å². The van der Waals surface area contributed by atoms with Gasteiger partial charge in [-0.3, -0.25) is 0 Å². The predicted octanol–water partition coefficient (Wildman–Crippen LogP) is 3.11. The summed E-state index contributed by atoms with van der Waals surface area (Å²) in [5.74, 6) is 0. The topological polar surface area (TPSA) is 21.3 Å². The molecule has 0 aliphatic heterocycles. The molecule has 0 atom stereocenters. The molecule has 1 aliphatic carbocycles. The van der Waals surface area contributed by atoms with Gasteiger partial charge >= 0.3 is 0 Å². The van der Waals surface area contributed by atoms with Crippen molar-refractivity contribution in [2.45, 2.75) is 70.9 Å². The van der Waals surface area contributed by atoms with Gasteiger partial charge in [0.05, 0.1) is 5.60 Å². The van der Waals surface area contributed by atoms with Gasteiger partial charge in [0.1, 0.15) is 0 Å². The second kappa shape index (κ2) is 5.31. The van der Waals surface area contributed by atoms with E-state index in [0.29, 0.717) is 0 Å². The summed E-state index contributed by atoms with van der Waals surface area (Å²) in [7, 11) is 0. The maximum atomic E-state index is 6.00. The van der Waals surface area contributed by atoms with E-state index in [0.717, 1.165) is 13.2 Å². The molecule has 0 aromatic rings. The number of hydrogen-bond acceptors (Lipinski definition) is 2. The van der Waals surface area contributed by atoms with Crippen LogP contribution < -0.4 is 5.32 Å². The number of ether oxygens (including phenoxy) is 1. The fourth-order valence-electron chi connectivity index (χ4n) is 2.30. The van der Waals surface area contributed by atoms with Crippen LogP contribution >= 0.6 is 0 Å². The fourth-order valence-corrected chi connectivity index (χ4v) is 2.30. The quantitative estimate of drug-likeness (QED) is 0.774. The molecule has 15 heavy (non-hydrogen) atoms. The molecular formula is C13H27NO. The van der Waals surface area contributed by atoms with E-state index in [2.05, 4.69) is 33.0 Å². The maximum Gasteiger partial charge on any atom is 0.0806 e. The Morgan fingerprint density at radius 1 is 1.13 bits per heavy atom. The number of hydrogen-bond donors (Lipinski definition) is 1. The summed E-state index contributed by atoms with van der Waals surface area (Å²) >= 11 is 0. The van der Waals surface area contributed by atoms with Gasteiger partial charge < -0.3 is 10.1 Å². The minimum atomic E-state index is 0.125. The fraction of sp³-hybridized carbons (Fsp3) is 1.00. The van der Waals surface area contributed by atoms with E-state index < -0.39 is 0 Å². The summed E-state index contributed by atoms with van der Waals surface area (Å²) in [4.78, 5) is 0. The van der Waals surface area contributed by atoms with E-state index in [-0.39, 0.29) is 11.1 Å². The molecule has 2 heteroatoms. The molecule has 1 N–H and O–H groups in total. The van der Waals surface area contributed by atoms with Gasteiger partial charge in [-0.2, -0.15) is 0 Å². The van der Waals surface area contributed by atoms with E-state index in [1.807, 2.05) is 0 Å². The lowest BCUT2D eigenvalue weighted by atomic mass is 9.84. The molecule has 0 saturated heterocycles. The molecule has 2 nitrogen and oxygen atoms in total. The summed E-state index contributed by atoms with van der Waals surface area (Å²) in [5, 5.41) is 3.59. The molecule has 0 heterocycles. The molecule has 0 spiro atoms. The first-order valence-corrected chi connectivity index (χ1v) is 6.36. The van der Waals surface area contributed by atoms with Crippen LogP contribution in [-0.4, -0.2) is 24.3 Å². The molecule has 0 amide bonds. The molecule has 1 rings (SSSR count). The van der Waals surface area contributed by atoms with Crippen LogP contribution in [0.3, 0.4) is 0 Å². The summed E-state index contributed by atoms with van der Waals surface area (Å²) in [6, 6.07) is 0. The van der Waals surface area contributed by atoms with Gasteiger partial charge in [0, 0.05) is 18.7 Å². The zero-order chi connectivity index (χ0) is 11.4. The second-order valence-electron chi connectivity index (χ2n) is 5.78. The van der Waals surface area contributed by atoms with Gasteiger partial charge in [-0.05, 0) is 40.5 Å². The summed E-state index contributed by atoms with van der Waals surface area (Å²) < 4.78 is 6.00. The van der Waals surface area contributed by atoms with Gasteiger partial charge in [0.15, 0.2) is 0 Å². The molecule has 0 aromatic carbocycles. The minimum absolute atomic E-state index is 0.125. The van der Waals surface area contributed by atoms with Crippen molar-refractivity contribution in [3.05, 3.63) is 0 Å². The average molecular weight is 213 g/mol. The van der Waals surface area contributed by atoms with Crippen molar-refractivity contribution in [3.8, 4) is 0 Å². The zero-order valence-electron chi connectivity index (χ0n) is 10.9. The third-order valence-corrected chi connectivity index (χ3v) is 3.16. The Morgan fingerprint density at radius 3 is 2.20 bits per heavy atom. The Bertz CT molecular complexity index is 172. The van der Waals surface area contributed by atoms with Crippen molar-refractivity contribution in [1.29, 1.82) is 0 Å². The molecular weight excluding hydrogens is 186 g/mol. The average Bonchev–Trinajstić information content (AvgIpc) is 2.16. The summed E-state index contributed by atoms with van der Waals surface area (Å²) in [5.41, 5.74) is 0.321. The van der Waals surface area contributed by atoms with Crippen molar-refractivity contribution < 1.29 is 4.74 Å². The van der Waals surface area contributed by atoms with Crippen LogP contribution in [0.5, 0.6) is 0 Å². The monoisotopic (exact) mass is 213 g/mol. The summed E-state index contributed by atoms with van der Waals surface area (Å²) in [6.45, 7) is 10.6. The third-order valence-electron chi connectivity index (χ3n) is 3.16. The molecule has 1 saturated carbocycles. The Kier molecular flexibility index (Phi) is 4.60. The predicted molar refractivity (Wildman–Crippen MR) is 65.2 cm³/mol. The highest BCUT2D eigenvalue weighted by Crippen LogP contribution is 2.31. The lowest BCUT2D eigenvalue weighted by molar-refractivity contribution is -0.0657. The largest absolute Gasteiger partial charge is 0.374 e. The van der Waals surface area contributed by atoms with Crippen molar-refractivity contribution >= 4 is 0 Å². The first kappa shape index (κ1) is 13.0. The number of nitrogens with one attached hydrogen (secondary N) is 1. The number of rotatable bonds is 4. The van der Waals surface area contributed by atoms with Gasteiger partial charge in [-0.1, -0.05) is 19.3 Å². The van der Waals surface area contributed by atoms with Gasteiger partial charge in [0.2, 0.25) is 0 Å². The minimum Gasteiger partial charge on any atom is -0.374 e. The van der Waals surface area contributed by atoms with Crippen LogP contribution in [0.25, 0.3) is 0 Å². The van der Waals surface area contributed by atoms with E-state index in [9.17, 15) is 0 Å². The molecule has 0 aromatic heterocycles. The highest BCUT2D eigenvalue weighted by Gasteiger charge is 2.33. The van der Waals surface area contributed by atoms with Gasteiger partial charge in [-0.15, -0.1) is 0 Å². The van der Waals surface area contributed by atoms with Crippen molar-refractivity contribution in [1.82, 2.24) is 5.32 Å². The lowest BCUT2D eigenvalue weighted by Crippen LogP contribution is -2.50. The Hall–Kier alpha value is -0.0800. The van der Waals surface area contributed by atoms with Crippen LogP contribution in [0.2, 0.25) is 0 Å². The van der Waals surface area contributed by atoms with E-state index in [1.165, 1.54) is 32.1 Å². The van der Waals surface area contributed by atoms with Crippen LogP contribution in [0.4, 0.5) is 0 Å². The normalized spacial score (nSPS) is 21.6. The maximum absolute atomic E-state index is 6.00. The highest BCUT2D eigenvalue weighted by atomic mass is 16.5. The molecule has 1 aliphatic rings. The van der Waals surface area contributed by atoms with Crippen molar-refractivity contribution in [2.75, 3.05) is 13.2 Å². The Morgan fingerprint density at radius 2 is 1.73 bits per heavy atom. The van der Waals surface area contributed by atoms with Crippen molar-refractivity contribution in [2.24, 2.45) is 0 Å².